The van der Waals surface area contributed by atoms with Crippen LogP contribution >= 0.6 is 0 Å². The highest BCUT2D eigenvalue weighted by atomic mass is 19.1. The molecule has 0 bridgehead atoms. The Kier molecular flexibility index (Phi) is 10.0. The topological polar surface area (TPSA) is 64.3 Å². The van der Waals surface area contributed by atoms with E-state index in [1.165, 1.54) is 11.6 Å². The van der Waals surface area contributed by atoms with Gasteiger partial charge in [-0.15, -0.1) is 0 Å². The molecule has 0 spiro atoms. The lowest BCUT2D eigenvalue weighted by atomic mass is 10.0. The van der Waals surface area contributed by atoms with Crippen LogP contribution in [-0.4, -0.2) is 26.1 Å². The fourth-order valence-corrected chi connectivity index (χ4v) is 3.58. The van der Waals surface area contributed by atoms with Crippen molar-refractivity contribution in [1.82, 2.24) is 5.32 Å². The van der Waals surface area contributed by atoms with Crippen LogP contribution in [-0.2, 0) is 12.8 Å². The molecule has 35 heavy (non-hydrogen) atoms. The summed E-state index contributed by atoms with van der Waals surface area (Å²) in [5.41, 5.74) is 9.91. The standard InChI is InChI=1S/C21H18FNO.C9H13NO/c22-20-12-5-4-9-17(20)13-14-23-21(24)19-11-6-10-18(15-19)16-7-2-1-3-8-16;1-11-9-4-2-3-8(7-9)5-6-10/h1-12,15H,13-14H2,(H,23,24);2-4,7H,5-6,10H2,1H3. The zero-order valence-electron chi connectivity index (χ0n) is 19.9. The largest absolute Gasteiger partial charge is 0.497 e. The number of carbonyl (C=O) groups excluding carboxylic acids is 1. The van der Waals surface area contributed by atoms with E-state index in [2.05, 4.69) is 11.4 Å². The molecule has 0 fully saturated rings. The lowest BCUT2D eigenvalue weighted by Crippen LogP contribution is -2.25. The van der Waals surface area contributed by atoms with Gasteiger partial charge in [-0.2, -0.15) is 0 Å². The minimum absolute atomic E-state index is 0.149. The molecule has 0 aliphatic rings. The van der Waals surface area contributed by atoms with Crippen molar-refractivity contribution in [1.29, 1.82) is 0 Å². The highest BCUT2D eigenvalue weighted by molar-refractivity contribution is 5.95. The molecule has 0 radical (unpaired) electrons. The lowest BCUT2D eigenvalue weighted by molar-refractivity contribution is 0.0954. The third-order valence-corrected chi connectivity index (χ3v) is 5.44. The minimum atomic E-state index is -0.238. The van der Waals surface area contributed by atoms with E-state index in [1.807, 2.05) is 66.7 Å². The van der Waals surface area contributed by atoms with Crippen molar-refractivity contribution >= 4 is 5.91 Å². The molecule has 0 heterocycles. The van der Waals surface area contributed by atoms with Crippen LogP contribution in [0.3, 0.4) is 0 Å². The molecule has 5 heteroatoms. The Hall–Kier alpha value is -3.96. The number of nitrogens with two attached hydrogens (primary N) is 1. The number of hydrogen-bond donors (Lipinski definition) is 2. The number of hydrogen-bond acceptors (Lipinski definition) is 3. The predicted molar refractivity (Wildman–Crippen MR) is 140 cm³/mol. The van der Waals surface area contributed by atoms with Crippen LogP contribution in [0.2, 0.25) is 0 Å². The Bertz CT molecular complexity index is 1210. The second-order valence-corrected chi connectivity index (χ2v) is 7.93. The maximum atomic E-state index is 13.6. The van der Waals surface area contributed by atoms with Gasteiger partial charge in [0.1, 0.15) is 11.6 Å². The maximum Gasteiger partial charge on any atom is 0.251 e. The van der Waals surface area contributed by atoms with E-state index in [0.29, 0.717) is 30.6 Å². The van der Waals surface area contributed by atoms with Gasteiger partial charge in [0, 0.05) is 12.1 Å². The summed E-state index contributed by atoms with van der Waals surface area (Å²) >= 11 is 0. The number of nitrogens with one attached hydrogen (secondary N) is 1. The SMILES string of the molecule is COc1cccc(CCN)c1.O=C(NCCc1ccccc1F)c1cccc(-c2ccccc2)c1. The number of methoxy groups -OCH3 is 1. The van der Waals surface area contributed by atoms with Crippen LogP contribution in [0.4, 0.5) is 4.39 Å². The number of halogens is 1. The predicted octanol–water partition coefficient (Wildman–Crippen LogP) is 5.66. The molecule has 3 N–H and O–H groups in total. The molecule has 0 atom stereocenters. The van der Waals surface area contributed by atoms with Gasteiger partial charge in [-0.25, -0.2) is 4.39 Å². The van der Waals surface area contributed by atoms with Crippen molar-refractivity contribution < 1.29 is 13.9 Å². The van der Waals surface area contributed by atoms with Crippen molar-refractivity contribution in [2.45, 2.75) is 12.8 Å². The van der Waals surface area contributed by atoms with E-state index < -0.39 is 0 Å². The molecule has 0 saturated carbocycles. The number of carbonyl (C=O) groups is 1. The number of rotatable bonds is 8. The zero-order valence-corrected chi connectivity index (χ0v) is 19.9. The van der Waals surface area contributed by atoms with Gasteiger partial charge in [-0.3, -0.25) is 4.79 Å². The second-order valence-electron chi connectivity index (χ2n) is 7.93. The van der Waals surface area contributed by atoms with Crippen molar-refractivity contribution in [2.75, 3.05) is 20.2 Å². The quantitative estimate of drug-likeness (QED) is 0.349. The molecule has 4 nitrogen and oxygen atoms in total. The van der Waals surface area contributed by atoms with E-state index in [4.69, 9.17) is 10.5 Å². The summed E-state index contributed by atoms with van der Waals surface area (Å²) in [7, 11) is 1.67. The first-order valence-electron chi connectivity index (χ1n) is 11.6. The van der Waals surface area contributed by atoms with Gasteiger partial charge in [-0.05, 0) is 72.0 Å². The monoisotopic (exact) mass is 470 g/mol. The van der Waals surface area contributed by atoms with E-state index in [-0.39, 0.29) is 11.7 Å². The Morgan fingerprint density at radius 1 is 0.829 bits per heavy atom. The van der Waals surface area contributed by atoms with Crippen LogP contribution in [0.15, 0.2) is 103 Å². The van der Waals surface area contributed by atoms with Gasteiger partial charge in [-0.1, -0.05) is 72.8 Å². The van der Waals surface area contributed by atoms with E-state index in [1.54, 1.807) is 31.4 Å². The average molecular weight is 471 g/mol. The van der Waals surface area contributed by atoms with Crippen LogP contribution < -0.4 is 15.8 Å². The van der Waals surface area contributed by atoms with Crippen molar-refractivity contribution in [2.24, 2.45) is 5.73 Å². The van der Waals surface area contributed by atoms with Gasteiger partial charge in [0.05, 0.1) is 7.11 Å². The van der Waals surface area contributed by atoms with E-state index in [0.717, 1.165) is 23.3 Å². The van der Waals surface area contributed by atoms with Crippen LogP contribution in [0.25, 0.3) is 11.1 Å². The fraction of sp³-hybridized carbons (Fsp3) is 0.167. The van der Waals surface area contributed by atoms with Crippen LogP contribution in [0.1, 0.15) is 21.5 Å². The highest BCUT2D eigenvalue weighted by Gasteiger charge is 2.07. The highest BCUT2D eigenvalue weighted by Crippen LogP contribution is 2.20. The minimum Gasteiger partial charge on any atom is -0.497 e. The van der Waals surface area contributed by atoms with Crippen LogP contribution in [0, 0.1) is 5.82 Å². The summed E-state index contributed by atoms with van der Waals surface area (Å²) in [5.74, 6) is 0.512. The Morgan fingerprint density at radius 3 is 2.29 bits per heavy atom. The maximum absolute atomic E-state index is 13.6. The lowest BCUT2D eigenvalue weighted by Gasteiger charge is -2.08. The first-order valence-corrected chi connectivity index (χ1v) is 11.6. The first-order chi connectivity index (χ1) is 17.1. The third kappa shape index (κ3) is 8.09. The average Bonchev–Trinajstić information content (AvgIpc) is 2.91. The normalized spacial score (nSPS) is 10.1. The molecule has 0 saturated heterocycles. The number of benzene rings is 4. The third-order valence-electron chi connectivity index (χ3n) is 5.44. The molecule has 4 rings (SSSR count). The zero-order chi connectivity index (χ0) is 24.9. The Morgan fingerprint density at radius 2 is 1.54 bits per heavy atom. The molecule has 180 valence electrons. The van der Waals surface area contributed by atoms with E-state index >= 15 is 0 Å². The van der Waals surface area contributed by atoms with Gasteiger partial charge in [0.15, 0.2) is 0 Å². The molecule has 0 aromatic heterocycles. The molecule has 0 unspecified atom stereocenters. The number of ether oxygens (including phenoxy) is 1. The molecule has 0 aliphatic heterocycles. The summed E-state index contributed by atoms with van der Waals surface area (Å²) in [6.45, 7) is 1.09. The first kappa shape index (κ1) is 25.7. The fourth-order valence-electron chi connectivity index (χ4n) is 3.58. The van der Waals surface area contributed by atoms with Gasteiger partial charge in [0.2, 0.25) is 0 Å². The van der Waals surface area contributed by atoms with Crippen molar-refractivity contribution in [3.8, 4) is 16.9 Å². The summed E-state index contributed by atoms with van der Waals surface area (Å²) in [5, 5.41) is 2.85. The summed E-state index contributed by atoms with van der Waals surface area (Å²) < 4.78 is 18.6. The van der Waals surface area contributed by atoms with Crippen molar-refractivity contribution in [3.63, 3.8) is 0 Å². The molecule has 4 aromatic rings. The molecular weight excluding hydrogens is 439 g/mol. The van der Waals surface area contributed by atoms with E-state index in [9.17, 15) is 9.18 Å². The molecule has 1 amide bonds. The summed E-state index contributed by atoms with van der Waals surface area (Å²) in [6, 6.07) is 32.0. The van der Waals surface area contributed by atoms with Gasteiger partial charge >= 0.3 is 0 Å². The van der Waals surface area contributed by atoms with Gasteiger partial charge in [0.25, 0.3) is 5.91 Å². The summed E-state index contributed by atoms with van der Waals surface area (Å²) in [4.78, 5) is 12.3. The number of amides is 1. The summed E-state index contributed by atoms with van der Waals surface area (Å²) in [6.07, 6.45) is 1.38. The van der Waals surface area contributed by atoms with Crippen LogP contribution in [0.5, 0.6) is 5.75 Å². The molecular formula is C30H31FN2O2. The molecule has 4 aromatic carbocycles. The van der Waals surface area contributed by atoms with Gasteiger partial charge < -0.3 is 15.8 Å². The van der Waals surface area contributed by atoms with Crippen molar-refractivity contribution in [3.05, 3.63) is 126 Å². The molecule has 0 aliphatic carbocycles. The smallest absolute Gasteiger partial charge is 0.251 e. The second kappa shape index (κ2) is 13.7. The Balaban J connectivity index is 0.000000261. The Labute approximate surface area is 206 Å².